The fourth-order valence-electron chi connectivity index (χ4n) is 4.77. The van der Waals surface area contributed by atoms with Crippen LogP contribution in [0.2, 0.25) is 0 Å². The maximum absolute atomic E-state index is 15.4. The highest BCUT2D eigenvalue weighted by molar-refractivity contribution is 5.68. The summed E-state index contributed by atoms with van der Waals surface area (Å²) in [6, 6.07) is 8.66. The third-order valence-corrected chi connectivity index (χ3v) is 7.26. The zero-order valence-corrected chi connectivity index (χ0v) is 24.2. The van der Waals surface area contributed by atoms with Gasteiger partial charge in [-0.2, -0.15) is 0 Å². The van der Waals surface area contributed by atoms with Gasteiger partial charge in [-0.3, -0.25) is 9.98 Å². The van der Waals surface area contributed by atoms with Crippen molar-refractivity contribution >= 4 is 18.2 Å². The van der Waals surface area contributed by atoms with Crippen molar-refractivity contribution in [3.8, 4) is 11.3 Å². The Labute approximate surface area is 237 Å². The molecule has 0 bridgehead atoms. The number of halogens is 2. The van der Waals surface area contributed by atoms with Gasteiger partial charge >= 0.3 is 0 Å². The van der Waals surface area contributed by atoms with E-state index in [1.165, 1.54) is 12.1 Å². The Hall–Kier alpha value is -3.49. The quantitative estimate of drug-likeness (QED) is 0.110. The number of aliphatic imine (C=N–C) groups is 1. The monoisotopic (exact) mass is 548 g/mol. The highest BCUT2D eigenvalue weighted by atomic mass is 19.1. The van der Waals surface area contributed by atoms with Crippen LogP contribution in [0.4, 0.5) is 20.3 Å². The molecule has 2 aromatic heterocycles. The van der Waals surface area contributed by atoms with Crippen LogP contribution in [0.5, 0.6) is 0 Å². The summed E-state index contributed by atoms with van der Waals surface area (Å²) < 4.78 is 30.6. The molecule has 1 aromatic carbocycles. The fourth-order valence-corrected chi connectivity index (χ4v) is 4.77. The Kier molecular flexibility index (Phi) is 11.9. The third-order valence-electron chi connectivity index (χ3n) is 7.26. The number of aromatic nitrogens is 2. The van der Waals surface area contributed by atoms with Crippen molar-refractivity contribution in [1.29, 1.82) is 0 Å². The van der Waals surface area contributed by atoms with Crippen LogP contribution in [-0.2, 0) is 19.3 Å². The Morgan fingerprint density at radius 1 is 1.00 bits per heavy atom. The van der Waals surface area contributed by atoms with Gasteiger partial charge in [0.15, 0.2) is 0 Å². The van der Waals surface area contributed by atoms with Crippen molar-refractivity contribution in [3.63, 3.8) is 0 Å². The molecule has 3 aromatic rings. The summed E-state index contributed by atoms with van der Waals surface area (Å²) in [6.07, 6.45) is 7.25. The molecule has 0 aliphatic rings. The molecule has 0 radical (unpaired) electrons. The Morgan fingerprint density at radius 2 is 1.75 bits per heavy atom. The second kappa shape index (κ2) is 15.3. The maximum atomic E-state index is 15.4. The molecule has 6 nitrogen and oxygen atoms in total. The van der Waals surface area contributed by atoms with Gasteiger partial charge in [0.05, 0.1) is 11.4 Å². The largest absolute Gasteiger partial charge is 0.373 e. The topological polar surface area (TPSA) is 74.2 Å². The minimum Gasteiger partial charge on any atom is -0.373 e. The Bertz CT molecular complexity index is 1290. The fraction of sp³-hybridized carbons (Fsp3) is 0.406. The molecule has 0 saturated carbocycles. The van der Waals surface area contributed by atoms with Crippen LogP contribution >= 0.6 is 0 Å². The molecule has 3 N–H and O–H groups in total. The molecule has 3 rings (SSSR count). The summed E-state index contributed by atoms with van der Waals surface area (Å²) in [5, 5.41) is 9.60. The Morgan fingerprint density at radius 3 is 2.42 bits per heavy atom. The number of unbranched alkanes of at least 4 members (excludes halogenated alkanes) is 1. The van der Waals surface area contributed by atoms with E-state index in [1.807, 2.05) is 32.2 Å². The molecule has 0 amide bonds. The molecule has 214 valence electrons. The number of rotatable bonds is 16. The van der Waals surface area contributed by atoms with E-state index in [1.54, 1.807) is 19.3 Å². The van der Waals surface area contributed by atoms with E-state index in [2.05, 4.69) is 51.1 Å². The number of allylic oxidation sites excluding steroid dienone is 1. The van der Waals surface area contributed by atoms with Gasteiger partial charge in [0, 0.05) is 37.3 Å². The van der Waals surface area contributed by atoms with E-state index >= 15 is 8.78 Å². The second-order valence-corrected chi connectivity index (χ2v) is 10.1. The van der Waals surface area contributed by atoms with Gasteiger partial charge in [0.1, 0.15) is 23.1 Å². The summed E-state index contributed by atoms with van der Waals surface area (Å²) in [7, 11) is 3.66. The van der Waals surface area contributed by atoms with E-state index in [0.29, 0.717) is 31.2 Å². The zero-order chi connectivity index (χ0) is 29.1. The van der Waals surface area contributed by atoms with Crippen LogP contribution < -0.4 is 16.0 Å². The second-order valence-electron chi connectivity index (χ2n) is 10.1. The lowest BCUT2D eigenvalue weighted by Crippen LogP contribution is -2.34. The first-order valence-corrected chi connectivity index (χ1v) is 13.9. The number of nitrogens with one attached hydrogen (secondary N) is 3. The molecule has 0 saturated heterocycles. The van der Waals surface area contributed by atoms with Crippen LogP contribution in [0, 0.1) is 11.6 Å². The molecule has 2 atom stereocenters. The summed E-state index contributed by atoms with van der Waals surface area (Å²) >= 11 is 0. The molecule has 8 heteroatoms. The van der Waals surface area contributed by atoms with E-state index in [9.17, 15) is 0 Å². The third kappa shape index (κ3) is 7.79. The predicted octanol–water partition coefficient (Wildman–Crippen LogP) is 6.39. The van der Waals surface area contributed by atoms with Crippen LogP contribution in [0.3, 0.4) is 0 Å². The van der Waals surface area contributed by atoms with Gasteiger partial charge in [0.2, 0.25) is 0 Å². The SMILES string of the molecule is C=CC(C)c1nccc(CCCCc2cccc(F)c2-c2nc(NC)c(CCNCC(C)NC)cc2F)c1N=C. The molecule has 2 unspecified atom stereocenters. The van der Waals surface area contributed by atoms with Crippen molar-refractivity contribution in [2.45, 2.75) is 57.9 Å². The van der Waals surface area contributed by atoms with Crippen LogP contribution in [-0.4, -0.2) is 49.9 Å². The zero-order valence-electron chi connectivity index (χ0n) is 24.2. The molecular weight excluding hydrogens is 506 g/mol. The molecule has 0 aliphatic carbocycles. The number of anilines is 1. The average Bonchev–Trinajstić information content (AvgIpc) is 2.97. The van der Waals surface area contributed by atoms with Gasteiger partial charge < -0.3 is 16.0 Å². The van der Waals surface area contributed by atoms with E-state index in [4.69, 9.17) is 0 Å². The number of benzene rings is 1. The lowest BCUT2D eigenvalue weighted by molar-refractivity contribution is 0.542. The number of hydrogen-bond donors (Lipinski definition) is 3. The lowest BCUT2D eigenvalue weighted by Gasteiger charge is -2.16. The van der Waals surface area contributed by atoms with Crippen LogP contribution in [0.1, 0.15) is 55.0 Å². The van der Waals surface area contributed by atoms with Gasteiger partial charge in [-0.15, -0.1) is 6.58 Å². The number of pyridine rings is 2. The number of likely N-dealkylation sites (N-methyl/N-ethyl adjacent to an activating group) is 1. The van der Waals surface area contributed by atoms with Gasteiger partial charge in [0.25, 0.3) is 0 Å². The molecule has 2 heterocycles. The van der Waals surface area contributed by atoms with E-state index in [0.717, 1.165) is 53.9 Å². The number of aryl methyl sites for hydroxylation is 2. The van der Waals surface area contributed by atoms with Crippen molar-refractivity contribution in [2.75, 3.05) is 32.5 Å². The van der Waals surface area contributed by atoms with E-state index in [-0.39, 0.29) is 17.2 Å². The molecule has 0 aliphatic heterocycles. The number of nitrogens with zero attached hydrogens (tertiary/aromatic N) is 3. The standard InChI is InChI=1S/C32H42F2N6/c1-7-21(2)29-30(36-5)24(16-18-39-29)12-9-8-11-23-13-10-14-26(33)28(23)31-27(34)19-25(32(37-6)40-31)15-17-38-20-22(3)35-4/h7,10,13-14,16,18-19,21-22,35,38H,1,5,8-9,11-12,15,17,20H2,2-4,6H3,(H,37,40). The molecular formula is C32H42F2N6. The lowest BCUT2D eigenvalue weighted by atomic mass is 9.95. The molecule has 0 fully saturated rings. The summed E-state index contributed by atoms with van der Waals surface area (Å²) in [4.78, 5) is 13.3. The normalized spacial score (nSPS) is 12.7. The highest BCUT2D eigenvalue weighted by Gasteiger charge is 2.19. The predicted molar refractivity (Wildman–Crippen MR) is 163 cm³/mol. The van der Waals surface area contributed by atoms with Crippen molar-refractivity contribution < 1.29 is 8.78 Å². The minimum atomic E-state index is -0.522. The first kappa shape index (κ1) is 31.0. The number of hydrogen-bond acceptors (Lipinski definition) is 6. The van der Waals surface area contributed by atoms with Crippen molar-refractivity contribution in [1.82, 2.24) is 20.6 Å². The minimum absolute atomic E-state index is 0.0355. The van der Waals surface area contributed by atoms with Gasteiger partial charge in [-0.05, 0) is 94.2 Å². The first-order chi connectivity index (χ1) is 19.3. The highest BCUT2D eigenvalue weighted by Crippen LogP contribution is 2.33. The summed E-state index contributed by atoms with van der Waals surface area (Å²) in [5.74, 6) is -0.367. The first-order valence-electron chi connectivity index (χ1n) is 13.9. The van der Waals surface area contributed by atoms with Gasteiger partial charge in [-0.25, -0.2) is 13.8 Å². The molecule has 0 spiro atoms. The smallest absolute Gasteiger partial charge is 0.150 e. The van der Waals surface area contributed by atoms with Crippen molar-refractivity contribution in [3.05, 3.63) is 83.2 Å². The maximum Gasteiger partial charge on any atom is 0.150 e. The molecule has 40 heavy (non-hydrogen) atoms. The summed E-state index contributed by atoms with van der Waals surface area (Å²) in [5.41, 5.74) is 4.49. The van der Waals surface area contributed by atoms with Crippen LogP contribution in [0.15, 0.2) is 54.2 Å². The average molecular weight is 549 g/mol. The summed E-state index contributed by atoms with van der Waals surface area (Å²) in [6.45, 7) is 13.2. The van der Waals surface area contributed by atoms with Gasteiger partial charge in [-0.1, -0.05) is 25.1 Å². The van der Waals surface area contributed by atoms with Crippen molar-refractivity contribution in [2.24, 2.45) is 4.99 Å². The van der Waals surface area contributed by atoms with Crippen LogP contribution in [0.25, 0.3) is 11.3 Å². The Balaban J connectivity index is 1.75. The van der Waals surface area contributed by atoms with E-state index < -0.39 is 11.6 Å².